The molecule has 2 aliphatic rings. The minimum absolute atomic E-state index is 0.00352. The highest BCUT2D eigenvalue weighted by atomic mass is 16.6. The van der Waals surface area contributed by atoms with E-state index in [0.29, 0.717) is 13.2 Å². The van der Waals surface area contributed by atoms with Crippen molar-refractivity contribution in [2.24, 2.45) is 5.92 Å². The predicted molar refractivity (Wildman–Crippen MR) is 92.6 cm³/mol. The third-order valence-electron chi connectivity index (χ3n) is 5.47. The van der Waals surface area contributed by atoms with Gasteiger partial charge in [0.2, 0.25) is 5.54 Å². The fraction of sp³-hybridized carbons (Fsp3) is 0.895. The minimum atomic E-state index is -1.24. The van der Waals surface area contributed by atoms with Gasteiger partial charge in [0, 0.05) is 0 Å². The molecule has 0 spiro atoms. The van der Waals surface area contributed by atoms with Crippen molar-refractivity contribution in [3.63, 3.8) is 0 Å². The van der Waals surface area contributed by atoms with Gasteiger partial charge in [0.1, 0.15) is 0 Å². The van der Waals surface area contributed by atoms with Gasteiger partial charge in [0.15, 0.2) is 0 Å². The Balaban J connectivity index is 2.43. The summed E-state index contributed by atoms with van der Waals surface area (Å²) >= 11 is 0. The summed E-state index contributed by atoms with van der Waals surface area (Å²) in [5, 5.41) is 0. The van der Waals surface area contributed by atoms with Crippen molar-refractivity contribution in [1.29, 1.82) is 0 Å². The summed E-state index contributed by atoms with van der Waals surface area (Å²) in [6.07, 6.45) is 9.49. The maximum Gasteiger partial charge on any atom is 0.338 e. The van der Waals surface area contributed by atoms with Gasteiger partial charge in [-0.2, -0.15) is 0 Å². The quantitative estimate of drug-likeness (QED) is 0.422. The van der Waals surface area contributed by atoms with Crippen LogP contribution in [0.2, 0.25) is 0 Å². The van der Waals surface area contributed by atoms with E-state index in [0.717, 1.165) is 58.0 Å². The highest BCUT2D eigenvalue weighted by Crippen LogP contribution is 2.39. The van der Waals surface area contributed by atoms with Gasteiger partial charge in [-0.1, -0.05) is 32.1 Å². The lowest BCUT2D eigenvalue weighted by atomic mass is 9.76. The molecule has 24 heavy (non-hydrogen) atoms. The highest BCUT2D eigenvalue weighted by molar-refractivity contribution is 6.05. The van der Waals surface area contributed by atoms with E-state index < -0.39 is 17.5 Å². The van der Waals surface area contributed by atoms with Gasteiger partial charge in [0.05, 0.1) is 13.2 Å². The van der Waals surface area contributed by atoms with E-state index in [9.17, 15) is 9.59 Å². The van der Waals surface area contributed by atoms with Crippen LogP contribution in [0.3, 0.4) is 0 Å². The lowest BCUT2D eigenvalue weighted by Crippen LogP contribution is -2.66. The van der Waals surface area contributed by atoms with Gasteiger partial charge in [-0.05, 0) is 58.5 Å². The molecule has 5 heteroatoms. The molecule has 0 aromatic rings. The predicted octanol–water partition coefficient (Wildman–Crippen LogP) is 3.31. The number of carbonyl (C=O) groups is 2. The number of hydrogen-bond acceptors (Lipinski definition) is 5. The van der Waals surface area contributed by atoms with Crippen LogP contribution in [0.15, 0.2) is 0 Å². The third kappa shape index (κ3) is 3.93. The second kappa shape index (κ2) is 9.40. The van der Waals surface area contributed by atoms with E-state index in [-0.39, 0.29) is 5.92 Å². The van der Waals surface area contributed by atoms with Crippen LogP contribution in [0.5, 0.6) is 0 Å². The Hall–Kier alpha value is -1.10. The number of esters is 2. The normalized spacial score (nSPS) is 21.1. The van der Waals surface area contributed by atoms with E-state index >= 15 is 0 Å². The van der Waals surface area contributed by atoms with Crippen molar-refractivity contribution in [3.8, 4) is 0 Å². The Morgan fingerprint density at radius 3 is 1.75 bits per heavy atom. The molecule has 0 radical (unpaired) electrons. The van der Waals surface area contributed by atoms with Crippen LogP contribution in [0.4, 0.5) is 0 Å². The standard InChI is InChI=1S/C19H33NO4/c1-3-23-17(21)19(18(22)24-4-2,20-14-10-7-11-15-20)16-12-8-5-6-9-13-16/h16H,3-15H2,1-2H3. The molecule has 1 saturated heterocycles. The first kappa shape index (κ1) is 19.2. The summed E-state index contributed by atoms with van der Waals surface area (Å²) in [5.41, 5.74) is -1.24. The average molecular weight is 339 g/mol. The van der Waals surface area contributed by atoms with Gasteiger partial charge in [-0.3, -0.25) is 4.90 Å². The Labute approximate surface area is 146 Å². The summed E-state index contributed by atoms with van der Waals surface area (Å²) in [6.45, 7) is 5.73. The molecule has 2 fully saturated rings. The molecule has 1 heterocycles. The smallest absolute Gasteiger partial charge is 0.338 e. The zero-order valence-electron chi connectivity index (χ0n) is 15.3. The summed E-state index contributed by atoms with van der Waals surface area (Å²) < 4.78 is 10.9. The molecule has 0 atom stereocenters. The fourth-order valence-electron chi connectivity index (χ4n) is 4.36. The van der Waals surface area contributed by atoms with E-state index in [1.54, 1.807) is 13.8 Å². The van der Waals surface area contributed by atoms with E-state index in [4.69, 9.17) is 9.47 Å². The Morgan fingerprint density at radius 1 is 0.833 bits per heavy atom. The summed E-state index contributed by atoms with van der Waals surface area (Å²) in [7, 11) is 0. The third-order valence-corrected chi connectivity index (χ3v) is 5.47. The van der Waals surface area contributed by atoms with E-state index in [1.165, 1.54) is 12.8 Å². The number of ether oxygens (including phenoxy) is 2. The van der Waals surface area contributed by atoms with E-state index in [1.807, 2.05) is 0 Å². The van der Waals surface area contributed by atoms with Crippen molar-refractivity contribution < 1.29 is 19.1 Å². The van der Waals surface area contributed by atoms with Crippen LogP contribution in [0, 0.1) is 5.92 Å². The number of likely N-dealkylation sites (tertiary alicyclic amines) is 1. The molecule has 1 aliphatic heterocycles. The van der Waals surface area contributed by atoms with Gasteiger partial charge < -0.3 is 9.47 Å². The second-order valence-corrected chi connectivity index (χ2v) is 6.94. The van der Waals surface area contributed by atoms with Crippen LogP contribution in [-0.2, 0) is 19.1 Å². The van der Waals surface area contributed by atoms with Crippen molar-refractivity contribution >= 4 is 11.9 Å². The van der Waals surface area contributed by atoms with Crippen LogP contribution >= 0.6 is 0 Å². The molecule has 5 nitrogen and oxygen atoms in total. The van der Waals surface area contributed by atoms with Crippen LogP contribution in [0.1, 0.15) is 71.6 Å². The Bertz CT molecular complexity index is 392. The average Bonchev–Trinajstić information content (AvgIpc) is 2.87. The summed E-state index contributed by atoms with van der Waals surface area (Å²) in [4.78, 5) is 28.3. The topological polar surface area (TPSA) is 55.8 Å². The van der Waals surface area contributed by atoms with Gasteiger partial charge in [-0.15, -0.1) is 0 Å². The lowest BCUT2D eigenvalue weighted by Gasteiger charge is -2.45. The van der Waals surface area contributed by atoms with Crippen molar-refractivity contribution in [1.82, 2.24) is 4.90 Å². The van der Waals surface area contributed by atoms with Gasteiger partial charge in [0.25, 0.3) is 0 Å². The largest absolute Gasteiger partial charge is 0.464 e. The molecule has 0 bridgehead atoms. The molecule has 0 aromatic heterocycles. The maximum atomic E-state index is 13.1. The maximum absolute atomic E-state index is 13.1. The monoisotopic (exact) mass is 339 g/mol. The SMILES string of the molecule is CCOC(=O)C(C(=O)OCC)(C1CCCCCC1)N1CCCCC1. The van der Waals surface area contributed by atoms with Crippen LogP contribution < -0.4 is 0 Å². The molecule has 2 rings (SSSR count). The van der Waals surface area contributed by atoms with E-state index in [2.05, 4.69) is 4.90 Å². The molecule has 1 aliphatic carbocycles. The Morgan fingerprint density at radius 2 is 1.29 bits per heavy atom. The number of carbonyl (C=O) groups excluding carboxylic acids is 2. The molecule has 0 unspecified atom stereocenters. The molecule has 1 saturated carbocycles. The highest BCUT2D eigenvalue weighted by Gasteiger charge is 2.58. The summed E-state index contributed by atoms with van der Waals surface area (Å²) in [6, 6.07) is 0. The zero-order valence-corrected chi connectivity index (χ0v) is 15.3. The first-order chi connectivity index (χ1) is 11.7. The van der Waals surface area contributed by atoms with Gasteiger partial charge in [-0.25, -0.2) is 9.59 Å². The number of nitrogens with zero attached hydrogens (tertiary/aromatic N) is 1. The van der Waals surface area contributed by atoms with Crippen LogP contribution in [-0.4, -0.2) is 48.7 Å². The van der Waals surface area contributed by atoms with Gasteiger partial charge >= 0.3 is 11.9 Å². The molecular weight excluding hydrogens is 306 g/mol. The number of rotatable bonds is 6. The minimum Gasteiger partial charge on any atom is -0.464 e. The van der Waals surface area contributed by atoms with Crippen molar-refractivity contribution in [3.05, 3.63) is 0 Å². The van der Waals surface area contributed by atoms with Crippen molar-refractivity contribution in [2.45, 2.75) is 77.2 Å². The van der Waals surface area contributed by atoms with Crippen LogP contribution in [0.25, 0.3) is 0 Å². The first-order valence-corrected chi connectivity index (χ1v) is 9.77. The molecule has 0 N–H and O–H groups in total. The molecule has 138 valence electrons. The summed E-state index contributed by atoms with van der Waals surface area (Å²) in [5.74, 6) is -0.786. The number of hydrogen-bond donors (Lipinski definition) is 0. The fourth-order valence-corrected chi connectivity index (χ4v) is 4.36. The zero-order chi connectivity index (χ0) is 17.4. The van der Waals surface area contributed by atoms with Crippen molar-refractivity contribution in [2.75, 3.05) is 26.3 Å². The first-order valence-electron chi connectivity index (χ1n) is 9.77. The lowest BCUT2D eigenvalue weighted by molar-refractivity contribution is -0.182. The second-order valence-electron chi connectivity index (χ2n) is 6.94. The molecule has 0 amide bonds. The molecular formula is C19H33NO4. The molecule has 0 aromatic carbocycles. The Kier molecular flexibility index (Phi) is 7.53. The number of piperidine rings is 1.